The predicted octanol–water partition coefficient (Wildman–Crippen LogP) is -0.848. The molecular weight excluding hydrogens is 396 g/mol. The van der Waals surface area contributed by atoms with E-state index in [0.29, 0.717) is 13.2 Å². The number of aromatic nitrogens is 4. The van der Waals surface area contributed by atoms with Crippen LogP contribution in [0.15, 0.2) is 18.2 Å². The van der Waals surface area contributed by atoms with Gasteiger partial charge < -0.3 is 24.0 Å². The Morgan fingerprint density at radius 2 is 1.84 bits per heavy atom. The Balaban J connectivity index is 1.63. The average molecular weight is 433 g/mol. The number of hydrogen-bond donors (Lipinski definition) is 2. The zero-order chi connectivity index (χ0) is 21.6. The summed E-state index contributed by atoms with van der Waals surface area (Å²) < 4.78 is 18.4. The largest absolute Gasteiger partial charge is 0.497 e. The minimum atomic E-state index is -0.00200. The topological polar surface area (TPSA) is 80.2 Å². The first-order chi connectivity index (χ1) is 15.2. The lowest BCUT2D eigenvalue weighted by atomic mass is 10.0. The third kappa shape index (κ3) is 4.83. The molecule has 1 saturated heterocycles. The van der Waals surface area contributed by atoms with Gasteiger partial charge in [-0.25, -0.2) is 4.68 Å². The van der Waals surface area contributed by atoms with Crippen LogP contribution >= 0.6 is 0 Å². The first-order valence-corrected chi connectivity index (χ1v) is 11.4. The van der Waals surface area contributed by atoms with E-state index in [1.165, 1.54) is 43.7 Å². The van der Waals surface area contributed by atoms with Gasteiger partial charge >= 0.3 is 0 Å². The quantitative estimate of drug-likeness (QED) is 0.538. The van der Waals surface area contributed by atoms with Crippen molar-refractivity contribution in [3.8, 4) is 11.5 Å². The van der Waals surface area contributed by atoms with Gasteiger partial charge in [-0.05, 0) is 48.2 Å². The molecule has 2 aromatic rings. The van der Waals surface area contributed by atoms with Gasteiger partial charge in [0.15, 0.2) is 6.04 Å². The first kappa shape index (κ1) is 22.0. The zero-order valence-electron chi connectivity index (χ0n) is 19.0. The third-order valence-electron chi connectivity index (χ3n) is 6.95. The van der Waals surface area contributed by atoms with E-state index in [0.717, 1.165) is 42.0 Å². The average Bonchev–Trinajstić information content (AvgIpc) is 3.51. The van der Waals surface area contributed by atoms with E-state index in [1.807, 2.05) is 16.8 Å². The van der Waals surface area contributed by atoms with Gasteiger partial charge in [0.2, 0.25) is 5.82 Å². The summed E-state index contributed by atoms with van der Waals surface area (Å²) in [5.74, 6) is 2.45. The van der Waals surface area contributed by atoms with Gasteiger partial charge in [0.05, 0.1) is 39.0 Å². The number of nitrogens with one attached hydrogen (secondary N) is 2. The third-order valence-corrected chi connectivity index (χ3v) is 6.95. The van der Waals surface area contributed by atoms with Gasteiger partial charge in [-0.3, -0.25) is 0 Å². The van der Waals surface area contributed by atoms with Crippen molar-refractivity contribution in [1.82, 2.24) is 20.2 Å². The van der Waals surface area contributed by atoms with E-state index < -0.39 is 0 Å². The van der Waals surface area contributed by atoms with Crippen molar-refractivity contribution in [2.24, 2.45) is 0 Å². The van der Waals surface area contributed by atoms with Crippen LogP contribution in [0, 0.1) is 0 Å². The number of ether oxygens (including phenoxy) is 3. The minimum absolute atomic E-state index is 0.00200. The van der Waals surface area contributed by atoms with Crippen molar-refractivity contribution in [3.05, 3.63) is 29.6 Å². The second-order valence-electron chi connectivity index (χ2n) is 8.59. The summed E-state index contributed by atoms with van der Waals surface area (Å²) >= 11 is 0. The molecule has 1 aromatic heterocycles. The molecule has 0 radical (unpaired) electrons. The van der Waals surface area contributed by atoms with Crippen LogP contribution < -0.4 is 19.3 Å². The number of benzene rings is 1. The molecule has 9 heteroatoms. The highest BCUT2D eigenvalue weighted by Gasteiger charge is 2.39. The van der Waals surface area contributed by atoms with Crippen molar-refractivity contribution < 1.29 is 24.0 Å². The molecular formula is C22H36N6O3+2. The molecule has 1 saturated carbocycles. The van der Waals surface area contributed by atoms with Crippen LogP contribution in [0.25, 0.3) is 0 Å². The monoisotopic (exact) mass is 432 g/mol. The highest BCUT2D eigenvalue weighted by atomic mass is 16.5. The van der Waals surface area contributed by atoms with E-state index in [1.54, 1.807) is 26.2 Å². The highest BCUT2D eigenvalue weighted by Crippen LogP contribution is 2.31. The Labute approximate surface area is 184 Å². The SMILES string of the molecule is COCCn1nnnc1[C@H](c1ccc(OC)cc1OC)[NH+]1CC[NH+](C2CCCC2)CC1. The van der Waals surface area contributed by atoms with Crippen LogP contribution in [0.4, 0.5) is 0 Å². The smallest absolute Gasteiger partial charge is 0.214 e. The number of tetrazole rings is 1. The summed E-state index contributed by atoms with van der Waals surface area (Å²) in [4.78, 5) is 3.26. The fourth-order valence-electron chi connectivity index (χ4n) is 5.28. The number of rotatable bonds is 9. The summed E-state index contributed by atoms with van der Waals surface area (Å²) in [7, 11) is 5.08. The predicted molar refractivity (Wildman–Crippen MR) is 115 cm³/mol. The van der Waals surface area contributed by atoms with Crippen molar-refractivity contribution >= 4 is 0 Å². The number of nitrogens with zero attached hydrogens (tertiary/aromatic N) is 4. The molecule has 2 aliphatic rings. The molecule has 0 spiro atoms. The maximum Gasteiger partial charge on any atom is 0.214 e. The van der Waals surface area contributed by atoms with Crippen LogP contribution in [0.2, 0.25) is 0 Å². The van der Waals surface area contributed by atoms with Crippen LogP contribution in [0.3, 0.4) is 0 Å². The number of quaternary nitrogens is 2. The first-order valence-electron chi connectivity index (χ1n) is 11.4. The van der Waals surface area contributed by atoms with E-state index in [4.69, 9.17) is 14.2 Å². The molecule has 31 heavy (non-hydrogen) atoms. The molecule has 1 aromatic carbocycles. The Morgan fingerprint density at radius 1 is 1.06 bits per heavy atom. The van der Waals surface area contributed by atoms with E-state index in [-0.39, 0.29) is 6.04 Å². The van der Waals surface area contributed by atoms with Gasteiger partial charge in [-0.15, -0.1) is 5.10 Å². The van der Waals surface area contributed by atoms with Gasteiger partial charge in [0, 0.05) is 13.2 Å². The molecule has 170 valence electrons. The van der Waals surface area contributed by atoms with Gasteiger partial charge in [-0.2, -0.15) is 0 Å². The van der Waals surface area contributed by atoms with E-state index in [9.17, 15) is 0 Å². The molecule has 9 nitrogen and oxygen atoms in total. The molecule has 0 unspecified atom stereocenters. The minimum Gasteiger partial charge on any atom is -0.497 e. The number of hydrogen-bond acceptors (Lipinski definition) is 6. The van der Waals surface area contributed by atoms with Gasteiger partial charge in [-0.1, -0.05) is 0 Å². The lowest BCUT2D eigenvalue weighted by Gasteiger charge is -2.36. The molecule has 2 N–H and O–H groups in total. The Bertz CT molecular complexity index is 830. The molecule has 2 heterocycles. The summed E-state index contributed by atoms with van der Waals surface area (Å²) in [5.41, 5.74) is 1.09. The van der Waals surface area contributed by atoms with Crippen LogP contribution in [0.5, 0.6) is 11.5 Å². The Kier molecular flexibility index (Phi) is 7.37. The fourth-order valence-corrected chi connectivity index (χ4v) is 5.28. The highest BCUT2D eigenvalue weighted by molar-refractivity contribution is 5.43. The standard InChI is InChI=1S/C22H34N6O3/c1-29-15-14-28-22(23-24-25-28)21(19-9-8-18(30-2)16-20(19)31-3)27-12-10-26(11-13-27)17-6-4-5-7-17/h8-9,16-17,21H,4-7,10-15H2,1-3H3/p+2/t21-/m0/s1. The maximum absolute atomic E-state index is 5.78. The Morgan fingerprint density at radius 3 is 2.52 bits per heavy atom. The molecule has 2 fully saturated rings. The zero-order valence-corrected chi connectivity index (χ0v) is 19.0. The number of piperazine rings is 1. The normalized spacial score (nSPS) is 23.1. The summed E-state index contributed by atoms with van der Waals surface area (Å²) in [6.45, 7) is 5.74. The van der Waals surface area contributed by atoms with E-state index in [2.05, 4.69) is 21.6 Å². The summed E-state index contributed by atoms with van der Waals surface area (Å²) in [5, 5.41) is 12.7. The van der Waals surface area contributed by atoms with Crippen molar-refractivity contribution in [3.63, 3.8) is 0 Å². The van der Waals surface area contributed by atoms with Crippen molar-refractivity contribution in [2.45, 2.75) is 44.3 Å². The second kappa shape index (κ2) is 10.4. The second-order valence-corrected chi connectivity index (χ2v) is 8.59. The summed E-state index contributed by atoms with van der Waals surface area (Å²) in [6.07, 6.45) is 5.56. The summed E-state index contributed by atoms with van der Waals surface area (Å²) in [6, 6.07) is 6.89. The van der Waals surface area contributed by atoms with Crippen molar-refractivity contribution in [2.75, 3.05) is 54.1 Å². The fraction of sp³-hybridized carbons (Fsp3) is 0.682. The van der Waals surface area contributed by atoms with Crippen LogP contribution in [0.1, 0.15) is 43.1 Å². The van der Waals surface area contributed by atoms with E-state index >= 15 is 0 Å². The Hall–Kier alpha value is -2.23. The maximum atomic E-state index is 5.78. The lowest BCUT2D eigenvalue weighted by molar-refractivity contribution is -1.03. The molecule has 0 amide bonds. The lowest BCUT2D eigenvalue weighted by Crippen LogP contribution is -3.29. The van der Waals surface area contributed by atoms with Gasteiger partial charge in [0.1, 0.15) is 37.7 Å². The van der Waals surface area contributed by atoms with Crippen molar-refractivity contribution in [1.29, 1.82) is 0 Å². The van der Waals surface area contributed by atoms with Crippen LogP contribution in [-0.4, -0.2) is 80.4 Å². The molecule has 4 rings (SSSR count). The number of methoxy groups -OCH3 is 3. The van der Waals surface area contributed by atoms with Gasteiger partial charge in [0.25, 0.3) is 0 Å². The molecule has 1 aliphatic heterocycles. The van der Waals surface area contributed by atoms with Crippen LogP contribution in [-0.2, 0) is 11.3 Å². The molecule has 1 aliphatic carbocycles. The molecule has 1 atom stereocenters. The molecule has 0 bridgehead atoms.